The maximum absolute atomic E-state index is 9.01. The maximum Gasteiger partial charge on any atom is 0.116 e. The molecule has 1 heterocycles. The van der Waals surface area contributed by atoms with Gasteiger partial charge in [-0.3, -0.25) is 0 Å². The van der Waals surface area contributed by atoms with E-state index in [1.165, 1.54) is 21.7 Å². The molecule has 2 atom stereocenters. The lowest BCUT2D eigenvalue weighted by Crippen LogP contribution is -2.31. The molecular formula is C12H14N2S. The predicted molar refractivity (Wildman–Crippen MR) is 64.3 cm³/mol. The summed E-state index contributed by atoms with van der Waals surface area (Å²) in [6.07, 6.45) is 0. The van der Waals surface area contributed by atoms with Gasteiger partial charge < -0.3 is 5.32 Å². The van der Waals surface area contributed by atoms with Crippen molar-refractivity contribution in [3.63, 3.8) is 0 Å². The Labute approximate surface area is 94.7 Å². The summed E-state index contributed by atoms with van der Waals surface area (Å²) in [6.45, 7) is 6.26. The highest BCUT2D eigenvalue weighted by molar-refractivity contribution is 8.00. The fourth-order valence-electron chi connectivity index (χ4n) is 1.89. The summed E-state index contributed by atoms with van der Waals surface area (Å²) in [7, 11) is 0. The zero-order valence-electron chi connectivity index (χ0n) is 9.16. The number of rotatable bonds is 0. The van der Waals surface area contributed by atoms with Gasteiger partial charge in [-0.15, -0.1) is 11.8 Å². The van der Waals surface area contributed by atoms with Gasteiger partial charge in [-0.25, -0.2) is 0 Å². The van der Waals surface area contributed by atoms with Crippen molar-refractivity contribution in [1.29, 1.82) is 5.26 Å². The number of anilines is 1. The molecule has 0 aromatic heterocycles. The molecule has 1 aliphatic rings. The Morgan fingerprint density at radius 2 is 2.13 bits per heavy atom. The van der Waals surface area contributed by atoms with Crippen LogP contribution in [-0.4, -0.2) is 11.3 Å². The van der Waals surface area contributed by atoms with Gasteiger partial charge in [0.15, 0.2) is 0 Å². The van der Waals surface area contributed by atoms with Crippen LogP contribution in [0.25, 0.3) is 0 Å². The highest BCUT2D eigenvalue weighted by atomic mass is 32.2. The van der Waals surface area contributed by atoms with Crippen molar-refractivity contribution < 1.29 is 0 Å². The smallest absolute Gasteiger partial charge is 0.116 e. The molecule has 0 aliphatic carbocycles. The lowest BCUT2D eigenvalue weighted by molar-refractivity contribution is 0.817. The van der Waals surface area contributed by atoms with Crippen LogP contribution in [0.1, 0.15) is 18.1 Å². The number of nitrogens with zero attached hydrogens (tertiary/aromatic N) is 1. The van der Waals surface area contributed by atoms with Gasteiger partial charge in [0.1, 0.15) is 5.25 Å². The molecular weight excluding hydrogens is 204 g/mol. The molecule has 2 unspecified atom stereocenters. The normalized spacial score (nSPS) is 23.9. The van der Waals surface area contributed by atoms with Crippen LogP contribution in [0.5, 0.6) is 0 Å². The number of nitriles is 1. The van der Waals surface area contributed by atoms with E-state index in [1.807, 2.05) is 0 Å². The molecule has 0 radical (unpaired) electrons. The third-order valence-corrected chi connectivity index (χ3v) is 3.99. The fourth-order valence-corrected chi connectivity index (χ4v) is 3.08. The van der Waals surface area contributed by atoms with Crippen LogP contribution >= 0.6 is 11.8 Å². The van der Waals surface area contributed by atoms with Gasteiger partial charge in [-0.05, 0) is 38.0 Å². The number of aryl methyl sites for hydroxylation is 2. The average molecular weight is 218 g/mol. The number of thioether (sulfide) groups is 1. The van der Waals surface area contributed by atoms with Crippen molar-refractivity contribution in [2.45, 2.75) is 37.0 Å². The lowest BCUT2D eigenvalue weighted by atomic mass is 10.1. The largest absolute Gasteiger partial charge is 0.379 e. The van der Waals surface area contributed by atoms with Crippen LogP contribution < -0.4 is 5.32 Å². The summed E-state index contributed by atoms with van der Waals surface area (Å²) in [5.74, 6) is 0. The monoisotopic (exact) mass is 218 g/mol. The zero-order valence-corrected chi connectivity index (χ0v) is 9.98. The first-order valence-corrected chi connectivity index (χ1v) is 5.94. The Hall–Kier alpha value is -1.14. The number of hydrogen-bond donors (Lipinski definition) is 1. The molecule has 1 aliphatic heterocycles. The van der Waals surface area contributed by atoms with Crippen LogP contribution in [0, 0.1) is 25.2 Å². The van der Waals surface area contributed by atoms with E-state index >= 15 is 0 Å². The van der Waals surface area contributed by atoms with E-state index in [-0.39, 0.29) is 11.3 Å². The van der Waals surface area contributed by atoms with E-state index in [9.17, 15) is 0 Å². The second kappa shape index (κ2) is 3.79. The van der Waals surface area contributed by atoms with Gasteiger partial charge in [0, 0.05) is 10.9 Å². The van der Waals surface area contributed by atoms with Gasteiger partial charge in [0.2, 0.25) is 0 Å². The summed E-state index contributed by atoms with van der Waals surface area (Å²) in [6, 6.07) is 6.87. The third-order valence-electron chi connectivity index (χ3n) is 2.65. The van der Waals surface area contributed by atoms with E-state index in [0.717, 1.165) is 0 Å². The molecule has 2 rings (SSSR count). The summed E-state index contributed by atoms with van der Waals surface area (Å²) in [4.78, 5) is 1.21. The van der Waals surface area contributed by atoms with Crippen LogP contribution in [0.3, 0.4) is 0 Å². The summed E-state index contributed by atoms with van der Waals surface area (Å²) < 4.78 is 0. The molecule has 15 heavy (non-hydrogen) atoms. The van der Waals surface area contributed by atoms with Crippen LogP contribution in [0.4, 0.5) is 5.69 Å². The molecule has 78 valence electrons. The SMILES string of the molecule is Cc1cc(C)c2c(c1)SC(C#N)C(C)N2. The molecule has 1 aromatic carbocycles. The van der Waals surface area contributed by atoms with Crippen molar-refractivity contribution in [3.8, 4) is 6.07 Å². The Bertz CT molecular complexity index is 434. The number of benzene rings is 1. The number of hydrogen-bond acceptors (Lipinski definition) is 3. The molecule has 0 saturated carbocycles. The molecule has 1 N–H and O–H groups in total. The Morgan fingerprint density at radius 1 is 1.40 bits per heavy atom. The summed E-state index contributed by atoms with van der Waals surface area (Å²) in [5, 5.41) is 12.4. The molecule has 0 fully saturated rings. The minimum Gasteiger partial charge on any atom is -0.379 e. The Kier molecular flexibility index (Phi) is 2.62. The van der Waals surface area contributed by atoms with Gasteiger partial charge in [0.25, 0.3) is 0 Å². The van der Waals surface area contributed by atoms with Gasteiger partial charge >= 0.3 is 0 Å². The first-order chi connectivity index (χ1) is 7.11. The maximum atomic E-state index is 9.01. The molecule has 2 nitrogen and oxygen atoms in total. The van der Waals surface area contributed by atoms with Crippen molar-refractivity contribution in [3.05, 3.63) is 23.3 Å². The van der Waals surface area contributed by atoms with Gasteiger partial charge in [-0.2, -0.15) is 5.26 Å². The number of fused-ring (bicyclic) bond motifs is 1. The molecule has 0 spiro atoms. The summed E-state index contributed by atoms with van der Waals surface area (Å²) in [5.41, 5.74) is 3.72. The van der Waals surface area contributed by atoms with Crippen LogP contribution in [-0.2, 0) is 0 Å². The van der Waals surface area contributed by atoms with E-state index in [4.69, 9.17) is 5.26 Å². The third kappa shape index (κ3) is 1.82. The lowest BCUT2D eigenvalue weighted by Gasteiger charge is -2.29. The first-order valence-electron chi connectivity index (χ1n) is 5.06. The highest BCUT2D eigenvalue weighted by Gasteiger charge is 2.26. The second-order valence-electron chi connectivity index (χ2n) is 4.06. The van der Waals surface area contributed by atoms with E-state index < -0.39 is 0 Å². The topological polar surface area (TPSA) is 35.8 Å². The molecule has 0 amide bonds. The number of nitrogens with one attached hydrogen (secondary N) is 1. The van der Waals surface area contributed by atoms with Crippen LogP contribution in [0.2, 0.25) is 0 Å². The van der Waals surface area contributed by atoms with Gasteiger partial charge in [-0.1, -0.05) is 6.07 Å². The molecule has 1 aromatic rings. The minimum atomic E-state index is 0.0127. The Balaban J connectivity index is 2.46. The first kappa shape index (κ1) is 10.4. The van der Waals surface area contributed by atoms with Crippen molar-refractivity contribution in [2.75, 3.05) is 5.32 Å². The van der Waals surface area contributed by atoms with Crippen molar-refractivity contribution >= 4 is 17.4 Å². The summed E-state index contributed by atoms with van der Waals surface area (Å²) >= 11 is 1.67. The average Bonchev–Trinajstić information content (AvgIpc) is 2.18. The molecule has 0 bridgehead atoms. The standard InChI is InChI=1S/C12H14N2S/c1-7-4-8(2)12-10(5-7)15-11(6-13)9(3)14-12/h4-5,9,11,14H,1-3H3. The quantitative estimate of drug-likeness (QED) is 0.727. The molecule has 3 heteroatoms. The van der Waals surface area contributed by atoms with E-state index in [0.29, 0.717) is 0 Å². The predicted octanol–water partition coefficient (Wildman–Crippen LogP) is 3.10. The van der Waals surface area contributed by atoms with Crippen molar-refractivity contribution in [1.82, 2.24) is 0 Å². The fraction of sp³-hybridized carbons (Fsp3) is 0.417. The molecule has 0 saturated heterocycles. The van der Waals surface area contributed by atoms with Gasteiger partial charge in [0.05, 0.1) is 11.8 Å². The second-order valence-corrected chi connectivity index (χ2v) is 5.24. The minimum absolute atomic E-state index is 0.0127. The zero-order chi connectivity index (χ0) is 11.0. The van der Waals surface area contributed by atoms with Crippen LogP contribution in [0.15, 0.2) is 17.0 Å². The Morgan fingerprint density at radius 3 is 2.80 bits per heavy atom. The van der Waals surface area contributed by atoms with Crippen molar-refractivity contribution in [2.24, 2.45) is 0 Å². The highest BCUT2D eigenvalue weighted by Crippen LogP contribution is 2.39. The van der Waals surface area contributed by atoms with E-state index in [2.05, 4.69) is 44.3 Å². The van der Waals surface area contributed by atoms with E-state index in [1.54, 1.807) is 11.8 Å².